The monoisotopic (exact) mass is 470 g/mol. The number of fused-ring (bicyclic) bond motifs is 1. The Morgan fingerprint density at radius 3 is 2.67 bits per heavy atom. The molecule has 1 saturated heterocycles. The first-order valence-electron chi connectivity index (χ1n) is 11.0. The average Bonchev–Trinajstić information content (AvgIpc) is 3.37. The largest absolute Gasteiger partial charge is 0.480 e. The third-order valence-corrected chi connectivity index (χ3v) is 8.55. The number of carboxylic acids is 1. The average molecular weight is 471 g/mol. The van der Waals surface area contributed by atoms with Gasteiger partial charge in [-0.1, -0.05) is 30.3 Å². The Morgan fingerprint density at radius 2 is 1.94 bits per heavy atom. The molecule has 0 amide bonds. The van der Waals surface area contributed by atoms with Crippen LogP contribution in [0.15, 0.2) is 48.9 Å². The maximum Gasteiger partial charge on any atom is 0.318 e. The van der Waals surface area contributed by atoms with Gasteiger partial charge in [0, 0.05) is 32.4 Å². The fourth-order valence-corrected chi connectivity index (χ4v) is 6.55. The Morgan fingerprint density at radius 1 is 1.15 bits per heavy atom. The van der Waals surface area contributed by atoms with E-state index in [-0.39, 0.29) is 13.1 Å². The van der Waals surface area contributed by atoms with E-state index in [9.17, 15) is 18.3 Å². The summed E-state index contributed by atoms with van der Waals surface area (Å²) < 4.78 is 29.9. The van der Waals surface area contributed by atoms with Gasteiger partial charge < -0.3 is 15.0 Å². The van der Waals surface area contributed by atoms with Gasteiger partial charge in [-0.2, -0.15) is 17.0 Å². The van der Waals surface area contributed by atoms with E-state index in [4.69, 9.17) is 0 Å². The van der Waals surface area contributed by atoms with Crippen molar-refractivity contribution in [2.45, 2.75) is 24.8 Å². The van der Waals surface area contributed by atoms with Gasteiger partial charge >= 0.3 is 5.97 Å². The zero-order chi connectivity index (χ0) is 23.1. The summed E-state index contributed by atoms with van der Waals surface area (Å²) in [5.74, 6) is -0.373. The van der Waals surface area contributed by atoms with Crippen LogP contribution < -0.4 is 4.90 Å². The van der Waals surface area contributed by atoms with E-state index in [1.54, 1.807) is 0 Å². The molecular weight excluding hydrogens is 444 g/mol. The third-order valence-electron chi connectivity index (χ3n) is 6.46. The predicted molar refractivity (Wildman–Crippen MR) is 123 cm³/mol. The fraction of sp³-hybridized carbons (Fsp3) is 0.409. The highest BCUT2D eigenvalue weighted by atomic mass is 32.2. The second-order valence-electron chi connectivity index (χ2n) is 8.63. The molecule has 33 heavy (non-hydrogen) atoms. The number of aromatic amines is 1. The quantitative estimate of drug-likeness (QED) is 0.511. The molecule has 174 valence electrons. The molecule has 2 fully saturated rings. The first kappa shape index (κ1) is 21.8. The number of anilines is 1. The lowest BCUT2D eigenvalue weighted by molar-refractivity contribution is -0.137. The molecule has 1 saturated carbocycles. The Balaban J connectivity index is 1.37. The van der Waals surface area contributed by atoms with E-state index >= 15 is 0 Å². The van der Waals surface area contributed by atoms with Crippen LogP contribution in [-0.2, 0) is 21.4 Å². The topological polar surface area (TPSA) is 123 Å². The van der Waals surface area contributed by atoms with Crippen molar-refractivity contribution in [2.75, 3.05) is 37.6 Å². The number of carboxylic acid groups (broad SMARTS) is 1. The number of nitrogens with one attached hydrogen (secondary N) is 1. The first-order chi connectivity index (χ1) is 15.9. The number of rotatable bonds is 8. The van der Waals surface area contributed by atoms with E-state index in [0.29, 0.717) is 19.5 Å². The van der Waals surface area contributed by atoms with Gasteiger partial charge in [0.15, 0.2) is 0 Å². The van der Waals surface area contributed by atoms with E-state index in [2.05, 4.69) is 19.9 Å². The Hall–Kier alpha value is -3.02. The van der Waals surface area contributed by atoms with Gasteiger partial charge in [-0.25, -0.2) is 9.97 Å². The fourth-order valence-electron chi connectivity index (χ4n) is 4.63. The van der Waals surface area contributed by atoms with Crippen molar-refractivity contribution in [3.05, 3.63) is 54.5 Å². The van der Waals surface area contributed by atoms with Crippen molar-refractivity contribution in [2.24, 2.45) is 0 Å². The van der Waals surface area contributed by atoms with Crippen LogP contribution >= 0.6 is 0 Å². The highest BCUT2D eigenvalue weighted by Gasteiger charge is 2.57. The first-order valence-corrected chi connectivity index (χ1v) is 12.4. The van der Waals surface area contributed by atoms with Crippen molar-refractivity contribution in [3.63, 3.8) is 0 Å². The summed E-state index contributed by atoms with van der Waals surface area (Å²) in [5, 5.41) is 10.3. The third kappa shape index (κ3) is 4.19. The molecule has 0 bridgehead atoms. The highest BCUT2D eigenvalue weighted by Crippen LogP contribution is 2.47. The molecule has 1 aromatic carbocycles. The van der Waals surface area contributed by atoms with E-state index in [0.717, 1.165) is 39.6 Å². The maximum atomic E-state index is 13.7. The van der Waals surface area contributed by atoms with Crippen molar-refractivity contribution in [1.29, 1.82) is 0 Å². The van der Waals surface area contributed by atoms with Gasteiger partial charge in [-0.05, 0) is 30.9 Å². The SMILES string of the molecule is O=C(O)CN(CCc1ccccc1)S(=O)(=O)N1CCN(c2ncnc3[nH]ccc23)CC12CC2. The summed E-state index contributed by atoms with van der Waals surface area (Å²) in [6, 6.07) is 11.4. The number of piperazine rings is 1. The molecule has 1 aliphatic heterocycles. The van der Waals surface area contributed by atoms with Crippen LogP contribution in [0.4, 0.5) is 5.82 Å². The molecule has 3 heterocycles. The summed E-state index contributed by atoms with van der Waals surface area (Å²) in [6.07, 6.45) is 5.25. The summed E-state index contributed by atoms with van der Waals surface area (Å²) in [5.41, 5.74) is 1.18. The van der Waals surface area contributed by atoms with Crippen molar-refractivity contribution in [3.8, 4) is 0 Å². The van der Waals surface area contributed by atoms with Crippen LogP contribution in [0.3, 0.4) is 0 Å². The number of hydrogen-bond donors (Lipinski definition) is 2. The molecule has 2 aromatic heterocycles. The standard InChI is InChI=1S/C22H26N6O4S/c29-19(30)14-27(11-7-17-4-2-1-3-5-17)33(31,32)28-13-12-26(15-22(28)8-9-22)21-18-6-10-23-20(18)24-16-25-21/h1-6,10,16H,7-9,11-15H2,(H,29,30)(H,23,24,25). The molecule has 1 spiro atoms. The summed E-state index contributed by atoms with van der Waals surface area (Å²) in [7, 11) is -3.95. The zero-order valence-electron chi connectivity index (χ0n) is 18.1. The van der Waals surface area contributed by atoms with Gasteiger partial charge in [-0.15, -0.1) is 0 Å². The van der Waals surface area contributed by atoms with Crippen molar-refractivity contribution < 1.29 is 18.3 Å². The minimum absolute atomic E-state index is 0.116. The van der Waals surface area contributed by atoms with Crippen molar-refractivity contribution >= 4 is 33.0 Å². The number of aromatic nitrogens is 3. The minimum Gasteiger partial charge on any atom is -0.480 e. The molecule has 2 N–H and O–H groups in total. The molecule has 10 nitrogen and oxygen atoms in total. The predicted octanol–water partition coefficient (Wildman–Crippen LogP) is 1.49. The summed E-state index contributed by atoms with van der Waals surface area (Å²) >= 11 is 0. The molecule has 3 aromatic rings. The number of aliphatic carboxylic acids is 1. The molecule has 0 atom stereocenters. The lowest BCUT2D eigenvalue weighted by atomic mass is 10.1. The van der Waals surface area contributed by atoms with Gasteiger partial charge in [-0.3, -0.25) is 4.79 Å². The normalized spacial score (nSPS) is 18.3. The van der Waals surface area contributed by atoms with Gasteiger partial charge in [0.25, 0.3) is 10.2 Å². The van der Waals surface area contributed by atoms with Crippen LogP contribution in [0.1, 0.15) is 18.4 Å². The van der Waals surface area contributed by atoms with Crippen LogP contribution in [-0.4, -0.2) is 81.3 Å². The van der Waals surface area contributed by atoms with Gasteiger partial charge in [0.1, 0.15) is 24.3 Å². The number of benzene rings is 1. The van der Waals surface area contributed by atoms with Crippen LogP contribution in [0.25, 0.3) is 11.0 Å². The van der Waals surface area contributed by atoms with E-state index < -0.39 is 28.3 Å². The zero-order valence-corrected chi connectivity index (χ0v) is 18.9. The molecule has 11 heteroatoms. The molecular formula is C22H26N6O4S. The van der Waals surface area contributed by atoms with Gasteiger partial charge in [0.2, 0.25) is 0 Å². The van der Waals surface area contributed by atoms with Gasteiger partial charge in [0.05, 0.1) is 10.9 Å². The second-order valence-corrected chi connectivity index (χ2v) is 10.5. The Bertz CT molecular complexity index is 1260. The molecule has 0 radical (unpaired) electrons. The number of H-pyrrole nitrogens is 1. The number of nitrogens with zero attached hydrogens (tertiary/aromatic N) is 5. The highest BCUT2D eigenvalue weighted by molar-refractivity contribution is 7.86. The maximum absolute atomic E-state index is 13.7. The number of hydrogen-bond acceptors (Lipinski definition) is 6. The minimum atomic E-state index is -3.95. The second kappa shape index (κ2) is 8.40. The van der Waals surface area contributed by atoms with Crippen LogP contribution in [0.5, 0.6) is 0 Å². The Kier molecular flexibility index (Phi) is 5.55. The lowest BCUT2D eigenvalue weighted by Crippen LogP contribution is -2.60. The van der Waals surface area contributed by atoms with E-state index in [1.165, 1.54) is 10.6 Å². The van der Waals surface area contributed by atoms with Crippen LogP contribution in [0.2, 0.25) is 0 Å². The summed E-state index contributed by atoms with van der Waals surface area (Å²) in [4.78, 5) is 25.4. The summed E-state index contributed by atoms with van der Waals surface area (Å²) in [6.45, 7) is 0.826. The Labute approximate surface area is 192 Å². The lowest BCUT2D eigenvalue weighted by Gasteiger charge is -2.43. The molecule has 2 aliphatic rings. The molecule has 1 aliphatic carbocycles. The van der Waals surface area contributed by atoms with E-state index in [1.807, 2.05) is 42.6 Å². The molecule has 0 unspecified atom stereocenters. The van der Waals surface area contributed by atoms with Crippen molar-refractivity contribution in [1.82, 2.24) is 23.6 Å². The smallest absolute Gasteiger partial charge is 0.318 e. The molecule has 5 rings (SSSR count). The number of carbonyl (C=O) groups is 1. The van der Waals surface area contributed by atoms with Crippen LogP contribution in [0, 0.1) is 0 Å².